The highest BCUT2D eigenvalue weighted by Gasteiger charge is 2.14. The van der Waals surface area contributed by atoms with Crippen molar-refractivity contribution in [1.29, 1.82) is 0 Å². The molecule has 0 saturated carbocycles. The van der Waals surface area contributed by atoms with Crippen molar-refractivity contribution in [3.05, 3.63) is 88.3 Å². The van der Waals surface area contributed by atoms with E-state index in [4.69, 9.17) is 13.9 Å². The Bertz CT molecular complexity index is 1360. The van der Waals surface area contributed by atoms with Gasteiger partial charge in [-0.3, -0.25) is 9.59 Å². The smallest absolute Gasteiger partial charge is 0.262 e. The molecule has 0 bridgehead atoms. The number of rotatable bonds is 6. The Kier molecular flexibility index (Phi) is 5.94. The number of methoxy groups -OCH3 is 1. The Balaban J connectivity index is 1.52. The van der Waals surface area contributed by atoms with Crippen molar-refractivity contribution >= 4 is 22.6 Å². The molecular formula is C26H23NO5. The molecule has 0 atom stereocenters. The summed E-state index contributed by atoms with van der Waals surface area (Å²) < 4.78 is 16.7. The quantitative estimate of drug-likeness (QED) is 0.461. The van der Waals surface area contributed by atoms with Crippen LogP contribution >= 0.6 is 0 Å². The lowest BCUT2D eigenvalue weighted by atomic mass is 10.0. The summed E-state index contributed by atoms with van der Waals surface area (Å²) in [5.41, 5.74) is 4.15. The highest BCUT2D eigenvalue weighted by Crippen LogP contribution is 2.29. The molecule has 4 aromatic rings. The van der Waals surface area contributed by atoms with Crippen LogP contribution in [0.15, 0.2) is 76.1 Å². The number of anilines is 1. The fourth-order valence-corrected chi connectivity index (χ4v) is 3.47. The third kappa shape index (κ3) is 4.21. The van der Waals surface area contributed by atoms with Gasteiger partial charge >= 0.3 is 0 Å². The molecular weight excluding hydrogens is 406 g/mol. The van der Waals surface area contributed by atoms with Gasteiger partial charge in [0.1, 0.15) is 23.3 Å². The molecule has 0 radical (unpaired) electrons. The topological polar surface area (TPSA) is 77.8 Å². The van der Waals surface area contributed by atoms with Crippen molar-refractivity contribution in [3.63, 3.8) is 0 Å². The number of carbonyl (C=O) groups excluding carboxylic acids is 1. The van der Waals surface area contributed by atoms with Crippen LogP contribution in [0.25, 0.3) is 22.1 Å². The normalized spacial score (nSPS) is 10.7. The molecule has 6 heteroatoms. The number of para-hydroxylation sites is 1. The van der Waals surface area contributed by atoms with Crippen LogP contribution < -0.4 is 20.2 Å². The van der Waals surface area contributed by atoms with Crippen LogP contribution in [0, 0.1) is 13.8 Å². The van der Waals surface area contributed by atoms with Crippen molar-refractivity contribution < 1.29 is 18.7 Å². The number of carbonyl (C=O) groups is 1. The van der Waals surface area contributed by atoms with E-state index in [1.54, 1.807) is 31.4 Å². The van der Waals surface area contributed by atoms with Gasteiger partial charge in [-0.25, -0.2) is 0 Å². The number of aryl methyl sites for hydroxylation is 1. The largest absolute Gasteiger partial charge is 0.496 e. The number of hydrogen-bond acceptors (Lipinski definition) is 5. The molecule has 1 amide bonds. The zero-order chi connectivity index (χ0) is 22.7. The summed E-state index contributed by atoms with van der Waals surface area (Å²) in [5, 5.41) is 3.27. The van der Waals surface area contributed by atoms with E-state index in [1.807, 2.05) is 50.2 Å². The fraction of sp³-hybridized carbons (Fsp3) is 0.154. The van der Waals surface area contributed by atoms with E-state index in [9.17, 15) is 9.59 Å². The van der Waals surface area contributed by atoms with E-state index < -0.39 is 0 Å². The maximum absolute atomic E-state index is 13.0. The summed E-state index contributed by atoms with van der Waals surface area (Å²) in [6.07, 6.45) is 1.42. The molecule has 1 N–H and O–H groups in total. The Hall–Kier alpha value is -4.06. The van der Waals surface area contributed by atoms with Gasteiger partial charge < -0.3 is 19.2 Å². The standard InChI is InChI=1S/C26H23NO5/c1-16-7-6-9-22(17(16)2)27-25(28)15-31-18-11-12-20-24(13-18)32-14-21(26(20)29)19-8-4-5-10-23(19)30-3/h4-14H,15H2,1-3H3,(H,27,28). The summed E-state index contributed by atoms with van der Waals surface area (Å²) in [5.74, 6) is 0.752. The SMILES string of the molecule is COc1ccccc1-c1coc2cc(OCC(=O)Nc3cccc(C)c3C)ccc2c1=O. The van der Waals surface area contributed by atoms with E-state index in [2.05, 4.69) is 5.32 Å². The van der Waals surface area contributed by atoms with Gasteiger partial charge in [-0.15, -0.1) is 0 Å². The van der Waals surface area contributed by atoms with Crippen LogP contribution in [0.3, 0.4) is 0 Å². The highest BCUT2D eigenvalue weighted by atomic mass is 16.5. The van der Waals surface area contributed by atoms with Crippen LogP contribution in [0.5, 0.6) is 11.5 Å². The Morgan fingerprint density at radius 1 is 1.00 bits per heavy atom. The molecule has 0 aliphatic carbocycles. The van der Waals surface area contributed by atoms with Crippen LogP contribution in [0.1, 0.15) is 11.1 Å². The first-order valence-corrected chi connectivity index (χ1v) is 10.2. The second-order valence-electron chi connectivity index (χ2n) is 7.42. The van der Waals surface area contributed by atoms with Crippen LogP contribution in [0.2, 0.25) is 0 Å². The van der Waals surface area contributed by atoms with Crippen LogP contribution in [0.4, 0.5) is 5.69 Å². The molecule has 1 aromatic heterocycles. The molecule has 1 heterocycles. The highest BCUT2D eigenvalue weighted by molar-refractivity contribution is 5.93. The molecule has 4 rings (SSSR count). The monoisotopic (exact) mass is 429 g/mol. The van der Waals surface area contributed by atoms with Crippen molar-refractivity contribution in [2.24, 2.45) is 0 Å². The van der Waals surface area contributed by atoms with Gasteiger partial charge in [0.25, 0.3) is 5.91 Å². The van der Waals surface area contributed by atoms with Gasteiger partial charge in [-0.05, 0) is 49.2 Å². The van der Waals surface area contributed by atoms with Crippen molar-refractivity contribution in [2.45, 2.75) is 13.8 Å². The molecule has 0 saturated heterocycles. The van der Waals surface area contributed by atoms with Gasteiger partial charge in [-0.2, -0.15) is 0 Å². The second-order valence-corrected chi connectivity index (χ2v) is 7.42. The predicted molar refractivity (Wildman–Crippen MR) is 125 cm³/mol. The Morgan fingerprint density at radius 3 is 2.62 bits per heavy atom. The molecule has 0 unspecified atom stereocenters. The minimum absolute atomic E-state index is 0.164. The molecule has 0 fully saturated rings. The summed E-state index contributed by atoms with van der Waals surface area (Å²) >= 11 is 0. The van der Waals surface area contributed by atoms with Crippen molar-refractivity contribution in [1.82, 2.24) is 0 Å². The fourth-order valence-electron chi connectivity index (χ4n) is 3.47. The number of fused-ring (bicyclic) bond motifs is 1. The lowest BCUT2D eigenvalue weighted by molar-refractivity contribution is -0.118. The lowest BCUT2D eigenvalue weighted by Crippen LogP contribution is -2.20. The molecule has 0 aliphatic heterocycles. The zero-order valence-corrected chi connectivity index (χ0v) is 18.1. The van der Waals surface area contributed by atoms with Gasteiger partial charge in [0.2, 0.25) is 5.43 Å². The van der Waals surface area contributed by atoms with E-state index in [0.29, 0.717) is 33.6 Å². The Morgan fingerprint density at radius 2 is 1.81 bits per heavy atom. The maximum atomic E-state index is 13.0. The van der Waals surface area contributed by atoms with Crippen LogP contribution in [-0.4, -0.2) is 19.6 Å². The third-order valence-electron chi connectivity index (χ3n) is 5.39. The average Bonchev–Trinajstić information content (AvgIpc) is 2.81. The van der Waals surface area contributed by atoms with Crippen molar-refractivity contribution in [2.75, 3.05) is 19.0 Å². The number of nitrogens with one attached hydrogen (secondary N) is 1. The van der Waals surface area contributed by atoms with E-state index in [0.717, 1.165) is 16.8 Å². The average molecular weight is 429 g/mol. The molecule has 3 aromatic carbocycles. The minimum atomic E-state index is -0.272. The van der Waals surface area contributed by atoms with E-state index in [1.165, 1.54) is 6.26 Å². The van der Waals surface area contributed by atoms with Gasteiger partial charge in [-0.1, -0.05) is 30.3 Å². The molecule has 32 heavy (non-hydrogen) atoms. The van der Waals surface area contributed by atoms with Crippen LogP contribution in [-0.2, 0) is 4.79 Å². The zero-order valence-electron chi connectivity index (χ0n) is 18.1. The summed E-state index contributed by atoms with van der Waals surface area (Å²) in [6.45, 7) is 3.78. The summed E-state index contributed by atoms with van der Waals surface area (Å²) in [4.78, 5) is 25.3. The Labute approximate surface area is 185 Å². The lowest BCUT2D eigenvalue weighted by Gasteiger charge is -2.11. The first-order valence-electron chi connectivity index (χ1n) is 10.2. The van der Waals surface area contributed by atoms with E-state index >= 15 is 0 Å². The minimum Gasteiger partial charge on any atom is -0.496 e. The molecule has 0 aliphatic rings. The molecule has 162 valence electrons. The maximum Gasteiger partial charge on any atom is 0.262 e. The first kappa shape index (κ1) is 21.2. The molecule has 0 spiro atoms. The number of hydrogen-bond donors (Lipinski definition) is 1. The number of ether oxygens (including phenoxy) is 2. The van der Waals surface area contributed by atoms with Gasteiger partial charge in [0.15, 0.2) is 6.61 Å². The predicted octanol–water partition coefficient (Wildman–Crippen LogP) is 5.10. The number of benzene rings is 3. The first-order chi connectivity index (χ1) is 15.5. The number of amides is 1. The van der Waals surface area contributed by atoms with E-state index in [-0.39, 0.29) is 17.9 Å². The second kappa shape index (κ2) is 8.98. The summed E-state index contributed by atoms with van der Waals surface area (Å²) in [6, 6.07) is 17.9. The third-order valence-corrected chi connectivity index (χ3v) is 5.39. The van der Waals surface area contributed by atoms with Crippen molar-refractivity contribution in [3.8, 4) is 22.6 Å². The summed E-state index contributed by atoms with van der Waals surface area (Å²) in [7, 11) is 1.56. The molecule has 6 nitrogen and oxygen atoms in total. The van der Waals surface area contributed by atoms with Gasteiger partial charge in [0.05, 0.1) is 18.1 Å². The van der Waals surface area contributed by atoms with Gasteiger partial charge in [0, 0.05) is 17.3 Å².